The third kappa shape index (κ3) is 4.81. The minimum Gasteiger partial charge on any atom is -0.497 e. The summed E-state index contributed by atoms with van der Waals surface area (Å²) >= 11 is 6.37. The van der Waals surface area contributed by atoms with Crippen LogP contribution in [0.2, 0.25) is 5.02 Å². The van der Waals surface area contributed by atoms with Crippen LogP contribution in [-0.4, -0.2) is 62.1 Å². The van der Waals surface area contributed by atoms with Crippen LogP contribution in [0, 0.1) is 0 Å². The van der Waals surface area contributed by atoms with Gasteiger partial charge in [-0.25, -0.2) is 0 Å². The summed E-state index contributed by atoms with van der Waals surface area (Å²) in [5.74, 6) is 2.30. The first-order valence-electron chi connectivity index (χ1n) is 10.4. The minimum absolute atomic E-state index is 0.0471. The van der Waals surface area contributed by atoms with E-state index in [1.54, 1.807) is 32.4 Å². The maximum absolute atomic E-state index is 13.1. The summed E-state index contributed by atoms with van der Waals surface area (Å²) in [6.07, 6.45) is 3.00. The zero-order valence-electron chi connectivity index (χ0n) is 17.8. The van der Waals surface area contributed by atoms with Crippen molar-refractivity contribution in [2.45, 2.75) is 19.1 Å². The number of nitrogens with zero attached hydrogens (tertiary/aromatic N) is 2. The first-order valence-corrected chi connectivity index (χ1v) is 10.8. The zero-order valence-corrected chi connectivity index (χ0v) is 18.6. The van der Waals surface area contributed by atoms with Gasteiger partial charge in [0.1, 0.15) is 23.9 Å². The molecule has 1 atom stereocenters. The number of hydrogen-bond acceptors (Lipinski definition) is 5. The van der Waals surface area contributed by atoms with Gasteiger partial charge in [-0.05, 0) is 42.3 Å². The van der Waals surface area contributed by atoms with Crippen molar-refractivity contribution in [2.75, 3.05) is 40.4 Å². The van der Waals surface area contributed by atoms with Crippen LogP contribution in [0.3, 0.4) is 0 Å². The molecular weight excluding hydrogens is 416 g/mol. The molecule has 4 rings (SSSR count). The summed E-state index contributed by atoms with van der Waals surface area (Å²) in [7, 11) is 3.21. The van der Waals surface area contributed by atoms with Crippen LogP contribution < -0.4 is 9.47 Å². The molecule has 2 aliphatic heterocycles. The lowest BCUT2D eigenvalue weighted by atomic mass is 10.0. The predicted molar refractivity (Wildman–Crippen MR) is 120 cm³/mol. The molecule has 6 nitrogen and oxygen atoms in total. The predicted octanol–water partition coefficient (Wildman–Crippen LogP) is 3.99. The number of piperazine rings is 1. The van der Waals surface area contributed by atoms with E-state index in [0.717, 1.165) is 36.6 Å². The largest absolute Gasteiger partial charge is 0.497 e. The standard InChI is InChI=1S/C24H27ClN2O4/c1-29-19-9-6-17(7-10-19)16-31-20-11-8-18-14-27(13-12-26(18)15-20)24(28)21-4-3-5-22(30-2)23(21)25/h3-7,9-11,18H,8,12-16H2,1-2H3. The average molecular weight is 443 g/mol. The number of carbonyl (C=O) groups excluding carboxylic acids is 1. The minimum atomic E-state index is -0.0471. The lowest BCUT2D eigenvalue weighted by molar-refractivity contribution is 0.0400. The van der Waals surface area contributed by atoms with E-state index < -0.39 is 0 Å². The van der Waals surface area contributed by atoms with Gasteiger partial charge in [0.15, 0.2) is 0 Å². The number of halogens is 1. The molecule has 0 aromatic heterocycles. The van der Waals surface area contributed by atoms with Crippen molar-refractivity contribution in [3.8, 4) is 11.5 Å². The van der Waals surface area contributed by atoms with Gasteiger partial charge in [-0.2, -0.15) is 0 Å². The van der Waals surface area contributed by atoms with Gasteiger partial charge in [0, 0.05) is 25.7 Å². The molecular formula is C24H27ClN2O4. The molecule has 164 valence electrons. The monoisotopic (exact) mass is 442 g/mol. The molecule has 0 aliphatic carbocycles. The summed E-state index contributed by atoms with van der Waals surface area (Å²) in [6.45, 7) is 3.44. The second-order valence-corrected chi connectivity index (χ2v) is 8.12. The Morgan fingerprint density at radius 2 is 1.90 bits per heavy atom. The second-order valence-electron chi connectivity index (χ2n) is 7.74. The summed E-state index contributed by atoms with van der Waals surface area (Å²) in [5.41, 5.74) is 1.60. The van der Waals surface area contributed by atoms with E-state index in [1.165, 1.54) is 0 Å². The van der Waals surface area contributed by atoms with Gasteiger partial charge in [0.05, 0.1) is 31.4 Å². The summed E-state index contributed by atoms with van der Waals surface area (Å²) in [5, 5.41) is 0.371. The van der Waals surface area contributed by atoms with E-state index in [0.29, 0.717) is 36.0 Å². The van der Waals surface area contributed by atoms with Crippen molar-refractivity contribution in [2.24, 2.45) is 0 Å². The molecule has 0 radical (unpaired) electrons. The Labute approximate surface area is 187 Å². The molecule has 1 fully saturated rings. The van der Waals surface area contributed by atoms with Crippen molar-refractivity contribution in [1.82, 2.24) is 9.80 Å². The van der Waals surface area contributed by atoms with Gasteiger partial charge in [-0.15, -0.1) is 0 Å². The molecule has 2 aromatic rings. The number of hydrogen-bond donors (Lipinski definition) is 0. The van der Waals surface area contributed by atoms with Crippen LogP contribution in [0.25, 0.3) is 0 Å². The number of benzene rings is 2. The van der Waals surface area contributed by atoms with E-state index in [-0.39, 0.29) is 11.9 Å². The number of carbonyl (C=O) groups is 1. The molecule has 2 aliphatic rings. The summed E-state index contributed by atoms with van der Waals surface area (Å²) < 4.78 is 16.5. The van der Waals surface area contributed by atoms with Crippen LogP contribution >= 0.6 is 11.6 Å². The molecule has 1 unspecified atom stereocenters. The lowest BCUT2D eigenvalue weighted by Crippen LogP contribution is -2.56. The van der Waals surface area contributed by atoms with Gasteiger partial charge in [-0.1, -0.05) is 29.8 Å². The quantitative estimate of drug-likeness (QED) is 0.677. The first-order chi connectivity index (χ1) is 15.1. The molecule has 2 aromatic carbocycles. The van der Waals surface area contributed by atoms with E-state index in [1.807, 2.05) is 29.2 Å². The fourth-order valence-electron chi connectivity index (χ4n) is 4.05. The molecule has 7 heteroatoms. The number of fused-ring (bicyclic) bond motifs is 1. The molecule has 0 N–H and O–H groups in total. The SMILES string of the molecule is COc1ccc(COC2=CCC3CN(C(=O)c4cccc(OC)c4Cl)CCN3C2)cc1. The molecule has 2 heterocycles. The Morgan fingerprint density at radius 3 is 2.65 bits per heavy atom. The number of amides is 1. The van der Waals surface area contributed by atoms with Gasteiger partial charge in [-0.3, -0.25) is 9.69 Å². The van der Waals surface area contributed by atoms with Crippen molar-refractivity contribution < 1.29 is 19.0 Å². The third-order valence-electron chi connectivity index (χ3n) is 5.87. The molecule has 0 saturated carbocycles. The van der Waals surface area contributed by atoms with Crippen molar-refractivity contribution in [1.29, 1.82) is 0 Å². The highest BCUT2D eigenvalue weighted by atomic mass is 35.5. The maximum atomic E-state index is 13.1. The van der Waals surface area contributed by atoms with Crippen LogP contribution in [-0.2, 0) is 11.3 Å². The topological polar surface area (TPSA) is 51.2 Å². The Kier molecular flexibility index (Phi) is 6.68. The van der Waals surface area contributed by atoms with Crippen LogP contribution in [0.15, 0.2) is 54.3 Å². The van der Waals surface area contributed by atoms with Gasteiger partial charge in [0.25, 0.3) is 5.91 Å². The normalized spacial score (nSPS) is 18.7. The smallest absolute Gasteiger partial charge is 0.255 e. The highest BCUT2D eigenvalue weighted by molar-refractivity contribution is 6.35. The van der Waals surface area contributed by atoms with Crippen LogP contribution in [0.1, 0.15) is 22.3 Å². The zero-order chi connectivity index (χ0) is 21.8. The van der Waals surface area contributed by atoms with Crippen molar-refractivity contribution in [3.05, 3.63) is 70.4 Å². The fraction of sp³-hybridized carbons (Fsp3) is 0.375. The molecule has 31 heavy (non-hydrogen) atoms. The highest BCUT2D eigenvalue weighted by Crippen LogP contribution is 2.30. The highest BCUT2D eigenvalue weighted by Gasteiger charge is 2.33. The number of methoxy groups -OCH3 is 2. The van der Waals surface area contributed by atoms with Crippen LogP contribution in [0.5, 0.6) is 11.5 Å². The third-order valence-corrected chi connectivity index (χ3v) is 6.26. The number of ether oxygens (including phenoxy) is 3. The first kappa shape index (κ1) is 21.5. The van der Waals surface area contributed by atoms with Gasteiger partial charge in [0.2, 0.25) is 0 Å². The Hall–Kier alpha value is -2.70. The molecule has 0 bridgehead atoms. The van der Waals surface area contributed by atoms with Crippen LogP contribution in [0.4, 0.5) is 0 Å². The Morgan fingerprint density at radius 1 is 1.10 bits per heavy atom. The summed E-state index contributed by atoms with van der Waals surface area (Å²) in [6, 6.07) is 13.5. The number of rotatable bonds is 6. The second kappa shape index (κ2) is 9.62. The van der Waals surface area contributed by atoms with E-state index in [4.69, 9.17) is 25.8 Å². The molecule has 0 spiro atoms. The Bertz CT molecular complexity index is 961. The van der Waals surface area contributed by atoms with E-state index in [2.05, 4.69) is 11.0 Å². The molecule has 1 amide bonds. The Balaban J connectivity index is 1.35. The lowest BCUT2D eigenvalue weighted by Gasteiger charge is -2.43. The fourth-order valence-corrected chi connectivity index (χ4v) is 4.33. The summed E-state index contributed by atoms with van der Waals surface area (Å²) in [4.78, 5) is 17.3. The van der Waals surface area contributed by atoms with Crippen molar-refractivity contribution >= 4 is 17.5 Å². The van der Waals surface area contributed by atoms with Crippen molar-refractivity contribution in [3.63, 3.8) is 0 Å². The van der Waals surface area contributed by atoms with Gasteiger partial charge < -0.3 is 19.1 Å². The maximum Gasteiger partial charge on any atom is 0.255 e. The molecule has 1 saturated heterocycles. The van der Waals surface area contributed by atoms with E-state index in [9.17, 15) is 4.79 Å². The van der Waals surface area contributed by atoms with Gasteiger partial charge >= 0.3 is 0 Å². The van der Waals surface area contributed by atoms with E-state index >= 15 is 0 Å². The average Bonchev–Trinajstić information content (AvgIpc) is 2.82.